The Morgan fingerprint density at radius 1 is 1.35 bits per heavy atom. The number of halogens is 2. The number of nitrogens with zero attached hydrogens (tertiary/aromatic N) is 3. The molecule has 1 aromatic heterocycles. The molecule has 1 aliphatic rings. The lowest BCUT2D eigenvalue weighted by Crippen LogP contribution is -2.24. The highest BCUT2D eigenvalue weighted by Gasteiger charge is 2.29. The Kier molecular flexibility index (Phi) is 3.09. The van der Waals surface area contributed by atoms with Crippen LogP contribution in [0.15, 0.2) is 30.3 Å². The minimum Gasteiger partial charge on any atom is -0.324 e. The van der Waals surface area contributed by atoms with Gasteiger partial charge in [0.15, 0.2) is 0 Å². The number of aromatic nitrogens is 3. The van der Waals surface area contributed by atoms with Crippen LogP contribution in [-0.4, -0.2) is 20.9 Å². The topological polar surface area (TPSA) is 59.8 Å². The van der Waals surface area contributed by atoms with Crippen LogP contribution in [0.25, 0.3) is 11.0 Å². The van der Waals surface area contributed by atoms with Crippen molar-refractivity contribution in [2.45, 2.75) is 12.3 Å². The molecule has 3 aromatic rings. The number of anilines is 1. The SMILES string of the molecule is Cn1nnc2c3c(ccc21)C(c1cc(F)cc(Cl)c1)CC(=O)N3. The molecule has 2 aromatic carbocycles. The summed E-state index contributed by atoms with van der Waals surface area (Å²) in [5, 5.41) is 11.3. The zero-order chi connectivity index (χ0) is 16.1. The first-order valence-electron chi connectivity index (χ1n) is 7.11. The molecule has 0 fully saturated rings. The van der Waals surface area contributed by atoms with Crippen LogP contribution in [0.4, 0.5) is 10.1 Å². The molecule has 1 aliphatic heterocycles. The second kappa shape index (κ2) is 5.03. The summed E-state index contributed by atoms with van der Waals surface area (Å²) in [4.78, 5) is 12.1. The van der Waals surface area contributed by atoms with Crippen molar-refractivity contribution in [3.63, 3.8) is 0 Å². The highest BCUT2D eigenvalue weighted by atomic mass is 35.5. The van der Waals surface area contributed by atoms with Gasteiger partial charge >= 0.3 is 0 Å². The molecule has 5 nitrogen and oxygen atoms in total. The van der Waals surface area contributed by atoms with Crippen molar-refractivity contribution >= 4 is 34.2 Å². The van der Waals surface area contributed by atoms with Crippen LogP contribution < -0.4 is 5.32 Å². The summed E-state index contributed by atoms with van der Waals surface area (Å²) >= 11 is 5.96. The molecule has 0 spiro atoms. The lowest BCUT2D eigenvalue weighted by atomic mass is 9.84. The Morgan fingerprint density at radius 2 is 2.17 bits per heavy atom. The second-order valence-electron chi connectivity index (χ2n) is 5.62. The van der Waals surface area contributed by atoms with Gasteiger partial charge in [-0.3, -0.25) is 4.79 Å². The third-order valence-corrected chi connectivity index (χ3v) is 4.35. The quantitative estimate of drug-likeness (QED) is 0.745. The van der Waals surface area contributed by atoms with E-state index in [0.717, 1.165) is 11.1 Å². The molecule has 1 atom stereocenters. The van der Waals surface area contributed by atoms with Gasteiger partial charge in [-0.05, 0) is 35.4 Å². The zero-order valence-electron chi connectivity index (χ0n) is 12.2. The molecule has 23 heavy (non-hydrogen) atoms. The van der Waals surface area contributed by atoms with E-state index in [-0.39, 0.29) is 18.2 Å². The van der Waals surface area contributed by atoms with E-state index in [2.05, 4.69) is 15.6 Å². The summed E-state index contributed by atoms with van der Waals surface area (Å²) in [6.45, 7) is 0. The first kappa shape index (κ1) is 14.1. The van der Waals surface area contributed by atoms with Gasteiger partial charge < -0.3 is 5.32 Å². The van der Waals surface area contributed by atoms with E-state index in [0.29, 0.717) is 21.8 Å². The Labute approximate surface area is 136 Å². The minimum atomic E-state index is -0.416. The van der Waals surface area contributed by atoms with Crippen LogP contribution in [0.1, 0.15) is 23.5 Å². The van der Waals surface area contributed by atoms with Crippen molar-refractivity contribution in [3.05, 3.63) is 52.3 Å². The maximum Gasteiger partial charge on any atom is 0.225 e. The smallest absolute Gasteiger partial charge is 0.225 e. The molecule has 0 bridgehead atoms. The summed E-state index contributed by atoms with van der Waals surface area (Å²) in [5.74, 6) is -0.819. The molecule has 0 saturated heterocycles. The number of fused-ring (bicyclic) bond motifs is 3. The van der Waals surface area contributed by atoms with Gasteiger partial charge in [-0.2, -0.15) is 0 Å². The Morgan fingerprint density at radius 3 is 2.96 bits per heavy atom. The van der Waals surface area contributed by atoms with Crippen LogP contribution in [0, 0.1) is 5.82 Å². The molecule has 0 aliphatic carbocycles. The Hall–Kier alpha value is -2.47. The van der Waals surface area contributed by atoms with Crippen LogP contribution in [0.5, 0.6) is 0 Å². The average Bonchev–Trinajstić information content (AvgIpc) is 2.87. The lowest BCUT2D eigenvalue weighted by molar-refractivity contribution is -0.116. The predicted molar refractivity (Wildman–Crippen MR) is 85.0 cm³/mol. The lowest BCUT2D eigenvalue weighted by Gasteiger charge is -2.26. The third-order valence-electron chi connectivity index (χ3n) is 4.13. The fourth-order valence-corrected chi connectivity index (χ4v) is 3.33. The number of aryl methyl sites for hydroxylation is 1. The number of hydrogen-bond acceptors (Lipinski definition) is 3. The van der Waals surface area contributed by atoms with Gasteiger partial charge in [0, 0.05) is 24.4 Å². The van der Waals surface area contributed by atoms with Crippen LogP contribution >= 0.6 is 11.6 Å². The molecule has 1 N–H and O–H groups in total. The number of benzene rings is 2. The molecule has 7 heteroatoms. The van der Waals surface area contributed by atoms with Crippen molar-refractivity contribution in [3.8, 4) is 0 Å². The molecular formula is C16H12ClFN4O. The van der Waals surface area contributed by atoms with Crippen molar-refractivity contribution < 1.29 is 9.18 Å². The first-order valence-corrected chi connectivity index (χ1v) is 7.49. The maximum absolute atomic E-state index is 13.7. The van der Waals surface area contributed by atoms with Gasteiger partial charge in [0.05, 0.1) is 11.2 Å². The van der Waals surface area contributed by atoms with Crippen molar-refractivity contribution in [1.82, 2.24) is 15.0 Å². The summed E-state index contributed by atoms with van der Waals surface area (Å²) in [7, 11) is 1.79. The largest absolute Gasteiger partial charge is 0.324 e. The summed E-state index contributed by atoms with van der Waals surface area (Å²) in [5.41, 5.74) is 3.65. The average molecular weight is 331 g/mol. The molecule has 4 rings (SSSR count). The molecule has 116 valence electrons. The molecule has 0 saturated carbocycles. The molecule has 1 unspecified atom stereocenters. The van der Waals surface area contributed by atoms with E-state index in [9.17, 15) is 9.18 Å². The second-order valence-corrected chi connectivity index (χ2v) is 6.05. The number of carbonyl (C=O) groups excluding carboxylic acids is 1. The maximum atomic E-state index is 13.7. The van der Waals surface area contributed by atoms with E-state index in [4.69, 9.17) is 11.6 Å². The Balaban J connectivity index is 1.94. The van der Waals surface area contributed by atoms with E-state index in [1.807, 2.05) is 12.1 Å². The fraction of sp³-hybridized carbons (Fsp3) is 0.188. The number of nitrogens with one attached hydrogen (secondary N) is 1. The molecule has 0 radical (unpaired) electrons. The van der Waals surface area contributed by atoms with Gasteiger partial charge in [0.2, 0.25) is 5.91 Å². The zero-order valence-corrected chi connectivity index (χ0v) is 12.9. The van der Waals surface area contributed by atoms with E-state index < -0.39 is 5.82 Å². The van der Waals surface area contributed by atoms with E-state index in [1.165, 1.54) is 12.1 Å². The van der Waals surface area contributed by atoms with Crippen LogP contribution in [0.2, 0.25) is 5.02 Å². The third kappa shape index (κ3) is 2.26. The van der Waals surface area contributed by atoms with Gasteiger partial charge in [0.25, 0.3) is 0 Å². The standard InChI is InChI=1S/C16H12ClFN4O/c1-22-13-3-2-11-12(8-4-9(17)6-10(18)5-8)7-14(23)19-15(11)16(13)20-21-22/h2-6,12H,7H2,1H3,(H,19,23). The molecule has 2 heterocycles. The molecular weight excluding hydrogens is 319 g/mol. The predicted octanol–water partition coefficient (Wildman–Crippen LogP) is 3.23. The summed E-state index contributed by atoms with van der Waals surface area (Å²) in [6, 6.07) is 8.18. The first-order chi connectivity index (χ1) is 11.0. The monoisotopic (exact) mass is 330 g/mol. The summed E-state index contributed by atoms with van der Waals surface area (Å²) < 4.78 is 15.3. The van der Waals surface area contributed by atoms with E-state index in [1.54, 1.807) is 17.8 Å². The van der Waals surface area contributed by atoms with Gasteiger partial charge in [0.1, 0.15) is 11.3 Å². The van der Waals surface area contributed by atoms with Crippen molar-refractivity contribution in [1.29, 1.82) is 0 Å². The van der Waals surface area contributed by atoms with Gasteiger partial charge in [-0.1, -0.05) is 22.9 Å². The van der Waals surface area contributed by atoms with Crippen molar-refractivity contribution in [2.75, 3.05) is 5.32 Å². The molecule has 1 amide bonds. The summed E-state index contributed by atoms with van der Waals surface area (Å²) in [6.07, 6.45) is 0.235. The number of hydrogen-bond donors (Lipinski definition) is 1. The number of amides is 1. The number of rotatable bonds is 1. The highest BCUT2D eigenvalue weighted by Crippen LogP contribution is 2.40. The van der Waals surface area contributed by atoms with Gasteiger partial charge in [-0.15, -0.1) is 5.10 Å². The van der Waals surface area contributed by atoms with Gasteiger partial charge in [-0.25, -0.2) is 9.07 Å². The van der Waals surface area contributed by atoms with E-state index >= 15 is 0 Å². The fourth-order valence-electron chi connectivity index (χ4n) is 3.10. The highest BCUT2D eigenvalue weighted by molar-refractivity contribution is 6.30. The normalized spacial score (nSPS) is 17.2. The number of carbonyl (C=O) groups is 1. The van der Waals surface area contributed by atoms with Crippen LogP contribution in [0.3, 0.4) is 0 Å². The van der Waals surface area contributed by atoms with Crippen LogP contribution in [-0.2, 0) is 11.8 Å². The van der Waals surface area contributed by atoms with Crippen molar-refractivity contribution in [2.24, 2.45) is 7.05 Å². The minimum absolute atomic E-state index is 0.138. The Bertz CT molecular complexity index is 932.